The molecule has 0 fully saturated rings. The van der Waals surface area contributed by atoms with Gasteiger partial charge >= 0.3 is 12.1 Å². The first-order valence-electron chi connectivity index (χ1n) is 12.2. The van der Waals surface area contributed by atoms with Crippen LogP contribution in [0.5, 0.6) is 5.75 Å². The largest absolute Gasteiger partial charge is 0.486 e. The molecular weight excluding hydrogens is 483 g/mol. The molecule has 5 nitrogen and oxygen atoms in total. The number of unbranched alkanes of at least 4 members (excludes halogenated alkanes) is 2. The third-order valence-corrected chi connectivity index (χ3v) is 5.89. The summed E-state index contributed by atoms with van der Waals surface area (Å²) in [5.41, 5.74) is 0.642. The van der Waals surface area contributed by atoms with Crippen LogP contribution in [0.1, 0.15) is 66.6 Å². The van der Waals surface area contributed by atoms with Gasteiger partial charge in [0.15, 0.2) is 0 Å². The molecule has 0 heterocycles. The van der Waals surface area contributed by atoms with E-state index in [1.54, 1.807) is 48.5 Å². The minimum absolute atomic E-state index is 0.00639. The van der Waals surface area contributed by atoms with Gasteiger partial charge in [-0.2, -0.15) is 13.2 Å². The molecule has 1 amide bonds. The molecule has 0 bridgehead atoms. The summed E-state index contributed by atoms with van der Waals surface area (Å²) in [7, 11) is 0. The van der Waals surface area contributed by atoms with Gasteiger partial charge in [-0.05, 0) is 59.9 Å². The number of carboxylic acid groups (broad SMARTS) is 1. The summed E-state index contributed by atoms with van der Waals surface area (Å²) in [4.78, 5) is 22.8. The zero-order valence-electron chi connectivity index (χ0n) is 20.6. The van der Waals surface area contributed by atoms with Crippen LogP contribution in [0.25, 0.3) is 11.1 Å². The Kier molecular flexibility index (Phi) is 9.71. The maximum Gasteiger partial charge on any atom is 0.417 e. The maximum atomic E-state index is 14.1. The number of hydrogen-bond donors (Lipinski definition) is 2. The summed E-state index contributed by atoms with van der Waals surface area (Å²) in [6.07, 6.45) is -2.13. The second-order valence-corrected chi connectivity index (χ2v) is 8.70. The number of rotatable bonds is 12. The van der Waals surface area contributed by atoms with Crippen molar-refractivity contribution < 1.29 is 32.6 Å². The van der Waals surface area contributed by atoms with Crippen molar-refractivity contribution in [3.8, 4) is 16.9 Å². The van der Waals surface area contributed by atoms with Crippen molar-refractivity contribution >= 4 is 11.9 Å². The monoisotopic (exact) mass is 513 g/mol. The summed E-state index contributed by atoms with van der Waals surface area (Å²) < 4.78 is 48.3. The number of amides is 1. The van der Waals surface area contributed by atoms with Crippen LogP contribution in [0.3, 0.4) is 0 Å². The fourth-order valence-electron chi connectivity index (χ4n) is 3.97. The van der Waals surface area contributed by atoms with Crippen LogP contribution >= 0.6 is 0 Å². The Hall–Kier alpha value is -3.81. The highest BCUT2D eigenvalue weighted by Gasteiger charge is 2.34. The molecule has 8 heteroatoms. The van der Waals surface area contributed by atoms with Gasteiger partial charge in [0.2, 0.25) is 0 Å². The van der Waals surface area contributed by atoms with Gasteiger partial charge in [0, 0.05) is 12.1 Å². The Morgan fingerprint density at radius 1 is 0.973 bits per heavy atom. The summed E-state index contributed by atoms with van der Waals surface area (Å²) in [5, 5.41) is 11.2. The number of alkyl halides is 3. The van der Waals surface area contributed by atoms with E-state index in [9.17, 15) is 22.8 Å². The van der Waals surface area contributed by atoms with E-state index in [0.29, 0.717) is 28.9 Å². The minimum Gasteiger partial charge on any atom is -0.486 e. The van der Waals surface area contributed by atoms with Crippen LogP contribution in [0.2, 0.25) is 0 Å². The van der Waals surface area contributed by atoms with E-state index in [-0.39, 0.29) is 18.5 Å². The Morgan fingerprint density at radius 3 is 2.30 bits per heavy atom. The van der Waals surface area contributed by atoms with E-state index < -0.39 is 29.7 Å². The van der Waals surface area contributed by atoms with Gasteiger partial charge in [0.05, 0.1) is 12.0 Å². The minimum atomic E-state index is -4.54. The average Bonchev–Trinajstić information content (AvgIpc) is 2.88. The lowest BCUT2D eigenvalue weighted by atomic mass is 9.94. The fraction of sp³-hybridized carbons (Fsp3) is 0.310. The molecule has 0 aromatic heterocycles. The van der Waals surface area contributed by atoms with Gasteiger partial charge in [-0.3, -0.25) is 9.59 Å². The lowest BCUT2D eigenvalue weighted by molar-refractivity contribution is -0.137. The highest BCUT2D eigenvalue weighted by molar-refractivity contribution is 5.94. The van der Waals surface area contributed by atoms with Crippen LogP contribution in [-0.2, 0) is 11.0 Å². The first-order chi connectivity index (χ1) is 17.7. The quantitative estimate of drug-likeness (QED) is 0.250. The van der Waals surface area contributed by atoms with Crippen molar-refractivity contribution in [2.75, 3.05) is 6.54 Å². The van der Waals surface area contributed by atoms with Gasteiger partial charge in [-0.1, -0.05) is 62.2 Å². The Labute approximate surface area is 214 Å². The molecule has 3 aromatic carbocycles. The summed E-state index contributed by atoms with van der Waals surface area (Å²) in [6, 6.07) is 19.1. The molecule has 1 atom stereocenters. The maximum absolute atomic E-state index is 14.1. The number of hydrogen-bond acceptors (Lipinski definition) is 3. The topological polar surface area (TPSA) is 75.6 Å². The van der Waals surface area contributed by atoms with Crippen LogP contribution in [-0.4, -0.2) is 23.5 Å². The third-order valence-electron chi connectivity index (χ3n) is 5.89. The van der Waals surface area contributed by atoms with Gasteiger partial charge in [0.25, 0.3) is 5.91 Å². The molecule has 3 rings (SSSR count). The lowest BCUT2D eigenvalue weighted by Crippen LogP contribution is -2.25. The number of nitrogens with one attached hydrogen (secondary N) is 1. The van der Waals surface area contributed by atoms with Crippen molar-refractivity contribution in [3.63, 3.8) is 0 Å². The van der Waals surface area contributed by atoms with Gasteiger partial charge in [-0.25, -0.2) is 0 Å². The smallest absolute Gasteiger partial charge is 0.417 e. The van der Waals surface area contributed by atoms with E-state index >= 15 is 0 Å². The van der Waals surface area contributed by atoms with Crippen LogP contribution < -0.4 is 10.1 Å². The summed E-state index contributed by atoms with van der Waals surface area (Å²) in [6.45, 7) is 2.05. The van der Waals surface area contributed by atoms with Crippen molar-refractivity contribution in [2.45, 2.75) is 51.3 Å². The van der Waals surface area contributed by atoms with Gasteiger partial charge < -0.3 is 15.2 Å². The summed E-state index contributed by atoms with van der Waals surface area (Å²) >= 11 is 0. The summed E-state index contributed by atoms with van der Waals surface area (Å²) in [5.74, 6) is -1.01. The number of aliphatic carboxylic acids is 1. The molecule has 1 unspecified atom stereocenters. The number of halogens is 3. The third kappa shape index (κ3) is 8.10. The molecule has 0 radical (unpaired) electrons. The number of carbonyl (C=O) groups excluding carboxylic acids is 1. The zero-order chi connectivity index (χ0) is 26.8. The van der Waals surface area contributed by atoms with Crippen molar-refractivity contribution in [1.29, 1.82) is 0 Å². The van der Waals surface area contributed by atoms with Crippen LogP contribution in [0, 0.1) is 0 Å². The molecule has 0 aliphatic carbocycles. The normalized spacial score (nSPS) is 12.1. The molecule has 0 aliphatic rings. The molecule has 0 spiro atoms. The highest BCUT2D eigenvalue weighted by Crippen LogP contribution is 2.39. The van der Waals surface area contributed by atoms with Crippen LogP contribution in [0.4, 0.5) is 13.2 Å². The number of carbonyl (C=O) groups is 2. The predicted molar refractivity (Wildman–Crippen MR) is 135 cm³/mol. The zero-order valence-corrected chi connectivity index (χ0v) is 20.6. The molecule has 196 valence electrons. The first-order valence-corrected chi connectivity index (χ1v) is 12.2. The van der Waals surface area contributed by atoms with E-state index in [2.05, 4.69) is 5.32 Å². The molecule has 3 aromatic rings. The standard InChI is InChI=1S/C29H30F3NO4/c1-2-3-5-10-26(37-23-14-11-21(12-15-23)28(36)33-18-17-27(34)35)22-13-16-24(20-8-6-4-7-9-20)25(19-22)29(30,31)32/h4,6-9,11-16,19,26H,2-3,5,10,17-18H2,1H3,(H,33,36)(H,34,35). The SMILES string of the molecule is CCCCCC(Oc1ccc(C(=O)NCCC(=O)O)cc1)c1ccc(-c2ccccc2)c(C(F)(F)F)c1. The van der Waals surface area contributed by atoms with Crippen molar-refractivity contribution in [2.24, 2.45) is 0 Å². The van der Waals surface area contributed by atoms with Crippen molar-refractivity contribution in [1.82, 2.24) is 5.32 Å². The van der Waals surface area contributed by atoms with Gasteiger partial charge in [0.1, 0.15) is 11.9 Å². The van der Waals surface area contributed by atoms with E-state index in [1.165, 1.54) is 24.3 Å². The average molecular weight is 514 g/mol. The van der Waals surface area contributed by atoms with Crippen LogP contribution in [0.15, 0.2) is 72.8 Å². The Balaban J connectivity index is 1.84. The molecule has 0 saturated heterocycles. The molecule has 2 N–H and O–H groups in total. The van der Waals surface area contributed by atoms with E-state index in [1.807, 2.05) is 6.92 Å². The van der Waals surface area contributed by atoms with Crippen molar-refractivity contribution in [3.05, 3.63) is 89.5 Å². The number of carboxylic acids is 1. The number of benzene rings is 3. The molecule has 37 heavy (non-hydrogen) atoms. The van der Waals surface area contributed by atoms with Gasteiger partial charge in [-0.15, -0.1) is 0 Å². The second kappa shape index (κ2) is 12.9. The molecule has 0 saturated carbocycles. The second-order valence-electron chi connectivity index (χ2n) is 8.70. The highest BCUT2D eigenvalue weighted by atomic mass is 19.4. The fourth-order valence-corrected chi connectivity index (χ4v) is 3.97. The molecule has 0 aliphatic heterocycles. The molecular formula is C29H30F3NO4. The number of ether oxygens (including phenoxy) is 1. The predicted octanol–water partition coefficient (Wildman–Crippen LogP) is 7.28. The Morgan fingerprint density at radius 2 is 1.68 bits per heavy atom. The van der Waals surface area contributed by atoms with E-state index in [0.717, 1.165) is 19.3 Å². The lowest BCUT2D eigenvalue weighted by Gasteiger charge is -2.22. The van der Waals surface area contributed by atoms with E-state index in [4.69, 9.17) is 9.84 Å². The first kappa shape index (κ1) is 27.8. The Bertz CT molecular complexity index is 1180.